The summed E-state index contributed by atoms with van der Waals surface area (Å²) >= 11 is 6.77. The maximum Gasteiger partial charge on any atom is 0.270 e. The van der Waals surface area contributed by atoms with E-state index in [1.807, 2.05) is 20.8 Å². The van der Waals surface area contributed by atoms with Gasteiger partial charge in [-0.15, -0.1) is 0 Å². The first-order valence-corrected chi connectivity index (χ1v) is 13.6. The van der Waals surface area contributed by atoms with Crippen LogP contribution in [-0.4, -0.2) is 51.9 Å². The van der Waals surface area contributed by atoms with E-state index in [-0.39, 0.29) is 28.9 Å². The largest absolute Gasteiger partial charge is 0.368 e. The number of carbonyl (C=O) groups is 1. The number of halogens is 1. The topological polar surface area (TPSA) is 72.6 Å². The minimum atomic E-state index is -0.331. The van der Waals surface area contributed by atoms with Crippen molar-refractivity contribution in [3.63, 3.8) is 0 Å². The van der Waals surface area contributed by atoms with Crippen LogP contribution in [0.25, 0.3) is 6.08 Å². The fourth-order valence-corrected chi connectivity index (χ4v) is 6.22. The number of thioether (sulfide) groups is 1. The molecular weight excluding hydrogens is 509 g/mol. The summed E-state index contributed by atoms with van der Waals surface area (Å²) in [6.45, 7) is 10.6. The molecule has 1 aromatic carbocycles. The smallest absolute Gasteiger partial charge is 0.270 e. The number of benzene rings is 1. The number of carbonyl (C=O) groups excluding carboxylic acids is 1. The van der Waals surface area contributed by atoms with Crippen LogP contribution in [0.3, 0.4) is 0 Å². The predicted molar refractivity (Wildman–Crippen MR) is 151 cm³/mol. The number of hydrogen-bond donors (Lipinski definition) is 0. The lowest BCUT2D eigenvalue weighted by atomic mass is 10.0. The van der Waals surface area contributed by atoms with Crippen LogP contribution in [0.4, 0.5) is 15.9 Å². The number of thiocarbonyl (C=S) groups is 1. The van der Waals surface area contributed by atoms with Gasteiger partial charge in [-0.05, 0) is 63.1 Å². The molecular formula is C27H30FN5O2S2. The number of aromatic nitrogens is 1. The summed E-state index contributed by atoms with van der Waals surface area (Å²) in [4.78, 5) is 33.0. The van der Waals surface area contributed by atoms with Gasteiger partial charge in [-0.2, -0.15) is 5.26 Å². The number of nitrogens with zero attached hydrogens (tertiary/aromatic N) is 5. The van der Waals surface area contributed by atoms with E-state index in [9.17, 15) is 19.2 Å². The van der Waals surface area contributed by atoms with Gasteiger partial charge < -0.3 is 9.80 Å². The van der Waals surface area contributed by atoms with E-state index < -0.39 is 0 Å². The summed E-state index contributed by atoms with van der Waals surface area (Å²) < 4.78 is 15.5. The number of amides is 1. The van der Waals surface area contributed by atoms with Gasteiger partial charge in [0.15, 0.2) is 0 Å². The van der Waals surface area contributed by atoms with Crippen molar-refractivity contribution in [3.05, 3.63) is 62.0 Å². The first kappa shape index (κ1) is 26.9. The van der Waals surface area contributed by atoms with Crippen molar-refractivity contribution in [2.75, 3.05) is 36.0 Å². The fraction of sp³-hybridized carbons (Fsp3) is 0.407. The molecule has 0 radical (unpaired) electrons. The summed E-state index contributed by atoms with van der Waals surface area (Å²) in [5, 5.41) is 9.79. The highest BCUT2D eigenvalue weighted by atomic mass is 32.2. The van der Waals surface area contributed by atoms with E-state index in [2.05, 4.69) is 15.9 Å². The average Bonchev–Trinajstić information content (AvgIpc) is 3.18. The molecule has 10 heteroatoms. The lowest BCUT2D eigenvalue weighted by molar-refractivity contribution is -0.123. The highest BCUT2D eigenvalue weighted by molar-refractivity contribution is 8.26. The number of anilines is 2. The Morgan fingerprint density at radius 2 is 1.76 bits per heavy atom. The quantitative estimate of drug-likeness (QED) is 0.395. The van der Waals surface area contributed by atoms with Crippen LogP contribution >= 0.6 is 24.0 Å². The monoisotopic (exact) mass is 539 g/mol. The van der Waals surface area contributed by atoms with Crippen molar-refractivity contribution < 1.29 is 9.18 Å². The number of pyridine rings is 1. The summed E-state index contributed by atoms with van der Waals surface area (Å²) in [5.74, 6) is 0.283. The lowest BCUT2D eigenvalue weighted by Crippen LogP contribution is -2.48. The molecule has 2 aliphatic rings. The van der Waals surface area contributed by atoms with Crippen molar-refractivity contribution >= 4 is 51.8 Å². The molecule has 1 atom stereocenters. The maximum atomic E-state index is 13.4. The molecule has 2 fully saturated rings. The van der Waals surface area contributed by atoms with Gasteiger partial charge in [0, 0.05) is 50.0 Å². The van der Waals surface area contributed by atoms with E-state index in [1.54, 1.807) is 34.6 Å². The Bertz CT molecular complexity index is 1350. The van der Waals surface area contributed by atoms with E-state index in [0.29, 0.717) is 58.9 Å². The second-order valence-electron chi connectivity index (χ2n) is 9.16. The molecule has 3 heterocycles. The molecule has 7 nitrogen and oxygen atoms in total. The van der Waals surface area contributed by atoms with E-state index >= 15 is 0 Å². The molecule has 0 bridgehead atoms. The van der Waals surface area contributed by atoms with Crippen LogP contribution in [-0.2, 0) is 11.3 Å². The van der Waals surface area contributed by atoms with Gasteiger partial charge in [0.05, 0.1) is 4.91 Å². The van der Waals surface area contributed by atoms with E-state index in [1.165, 1.54) is 23.9 Å². The zero-order chi connectivity index (χ0) is 26.9. The number of piperazine rings is 1. The molecule has 0 spiro atoms. The van der Waals surface area contributed by atoms with Crippen LogP contribution in [0.15, 0.2) is 34.0 Å². The second-order valence-corrected chi connectivity index (χ2v) is 10.8. The molecule has 0 aliphatic carbocycles. The summed E-state index contributed by atoms with van der Waals surface area (Å²) in [7, 11) is 0. The molecule has 1 aromatic heterocycles. The van der Waals surface area contributed by atoms with Gasteiger partial charge in [0.2, 0.25) is 0 Å². The summed E-state index contributed by atoms with van der Waals surface area (Å²) in [6, 6.07) is 8.50. The van der Waals surface area contributed by atoms with Crippen molar-refractivity contribution in [1.82, 2.24) is 9.47 Å². The standard InChI is InChI=1S/C27H30FN5O2S2/c1-5-17(3)33-26(35)23(37-27(33)36)15-21-18(4)22(16-29)25(34)32(6-2)24(21)31-13-11-30(12-14-31)20-9-7-19(28)8-10-20/h7-10,15,17H,5-6,11-14H2,1-4H3/b23-15-. The minimum absolute atomic E-state index is 0.0160. The maximum absolute atomic E-state index is 13.4. The van der Waals surface area contributed by atoms with Crippen LogP contribution in [0.1, 0.15) is 43.9 Å². The fourth-order valence-electron chi connectivity index (χ4n) is 4.78. The van der Waals surface area contributed by atoms with Gasteiger partial charge in [-0.1, -0.05) is 30.9 Å². The lowest BCUT2D eigenvalue weighted by Gasteiger charge is -2.39. The van der Waals surface area contributed by atoms with Crippen molar-refractivity contribution in [2.24, 2.45) is 0 Å². The Kier molecular flexibility index (Phi) is 8.05. The Balaban J connectivity index is 1.76. The third-order valence-corrected chi connectivity index (χ3v) is 8.39. The average molecular weight is 540 g/mol. The van der Waals surface area contributed by atoms with Crippen LogP contribution in [0.5, 0.6) is 0 Å². The third kappa shape index (κ3) is 5.03. The van der Waals surface area contributed by atoms with Crippen LogP contribution in [0.2, 0.25) is 0 Å². The first-order valence-electron chi connectivity index (χ1n) is 12.4. The van der Waals surface area contributed by atoms with E-state index in [0.717, 1.165) is 12.1 Å². The molecule has 37 heavy (non-hydrogen) atoms. The van der Waals surface area contributed by atoms with Crippen molar-refractivity contribution in [3.8, 4) is 6.07 Å². The van der Waals surface area contributed by atoms with Gasteiger partial charge in [-0.25, -0.2) is 4.39 Å². The molecule has 1 amide bonds. The SMILES string of the molecule is CCC(C)N1C(=O)/C(=C/c2c(C)c(C#N)c(=O)n(CC)c2N2CCN(c3ccc(F)cc3)CC2)SC1=S. The van der Waals surface area contributed by atoms with Crippen molar-refractivity contribution in [1.29, 1.82) is 5.26 Å². The highest BCUT2D eigenvalue weighted by Crippen LogP contribution is 2.37. The van der Waals surface area contributed by atoms with Gasteiger partial charge in [0.1, 0.15) is 27.6 Å². The molecule has 4 rings (SSSR count). The van der Waals surface area contributed by atoms with Gasteiger partial charge in [0.25, 0.3) is 11.5 Å². The number of rotatable bonds is 6. The number of hydrogen-bond acceptors (Lipinski definition) is 7. The predicted octanol–water partition coefficient (Wildman–Crippen LogP) is 4.51. The molecule has 1 unspecified atom stereocenters. The van der Waals surface area contributed by atoms with Gasteiger partial charge >= 0.3 is 0 Å². The normalized spacial score (nSPS) is 18.1. The van der Waals surface area contributed by atoms with Crippen molar-refractivity contribution in [2.45, 2.75) is 46.7 Å². The Hall–Kier alpha value is -3.16. The van der Waals surface area contributed by atoms with E-state index in [4.69, 9.17) is 12.2 Å². The molecule has 2 saturated heterocycles. The summed E-state index contributed by atoms with van der Waals surface area (Å²) in [5.41, 5.74) is 1.95. The zero-order valence-electron chi connectivity index (χ0n) is 21.5. The van der Waals surface area contributed by atoms with Crippen LogP contribution in [0, 0.1) is 24.1 Å². The third-order valence-electron chi connectivity index (χ3n) is 7.06. The Morgan fingerprint density at radius 3 is 2.32 bits per heavy atom. The highest BCUT2D eigenvalue weighted by Gasteiger charge is 2.35. The minimum Gasteiger partial charge on any atom is -0.368 e. The van der Waals surface area contributed by atoms with Gasteiger partial charge in [-0.3, -0.25) is 19.1 Å². The molecule has 2 aromatic rings. The molecule has 2 aliphatic heterocycles. The molecule has 0 saturated carbocycles. The number of nitriles is 1. The van der Waals surface area contributed by atoms with Crippen LogP contribution < -0.4 is 15.4 Å². The molecule has 194 valence electrons. The Morgan fingerprint density at radius 1 is 1.14 bits per heavy atom. The summed E-state index contributed by atoms with van der Waals surface area (Å²) in [6.07, 6.45) is 2.58. The second kappa shape index (κ2) is 11.1. The Labute approximate surface area is 226 Å². The first-order chi connectivity index (χ1) is 17.7. The molecule has 0 N–H and O–H groups in total. The zero-order valence-corrected chi connectivity index (χ0v) is 23.1.